The van der Waals surface area contributed by atoms with Gasteiger partial charge in [-0.3, -0.25) is 0 Å². The number of benzene rings is 1. The van der Waals surface area contributed by atoms with Crippen molar-refractivity contribution in [1.82, 2.24) is 9.97 Å². The van der Waals surface area contributed by atoms with E-state index in [4.69, 9.17) is 14.5 Å². The number of nitrogens with one attached hydrogen (secondary N) is 1. The van der Waals surface area contributed by atoms with Gasteiger partial charge in [0.25, 0.3) is 0 Å². The van der Waals surface area contributed by atoms with E-state index in [0.29, 0.717) is 0 Å². The first-order chi connectivity index (χ1) is 11.7. The second kappa shape index (κ2) is 7.38. The van der Waals surface area contributed by atoms with Crippen molar-refractivity contribution in [3.8, 4) is 11.5 Å². The smallest absolute Gasteiger partial charge is 0.227 e. The molecule has 0 bridgehead atoms. The molecular weight excluding hydrogens is 304 g/mol. The van der Waals surface area contributed by atoms with Crippen molar-refractivity contribution in [2.24, 2.45) is 0 Å². The molecule has 1 aliphatic rings. The number of ether oxygens (including phenoxy) is 2. The van der Waals surface area contributed by atoms with Crippen LogP contribution >= 0.6 is 0 Å². The van der Waals surface area contributed by atoms with Crippen LogP contribution in [0.3, 0.4) is 0 Å². The lowest BCUT2D eigenvalue weighted by Gasteiger charge is -2.27. The third kappa shape index (κ3) is 3.69. The van der Waals surface area contributed by atoms with Gasteiger partial charge in [0.1, 0.15) is 17.3 Å². The van der Waals surface area contributed by atoms with Crippen LogP contribution in [0.15, 0.2) is 24.3 Å². The summed E-state index contributed by atoms with van der Waals surface area (Å²) in [6.45, 7) is 4.03. The van der Waals surface area contributed by atoms with E-state index in [0.717, 1.165) is 47.7 Å². The number of hydrogen-bond acceptors (Lipinski definition) is 6. The Morgan fingerprint density at radius 2 is 1.79 bits per heavy atom. The lowest BCUT2D eigenvalue weighted by Crippen LogP contribution is -2.31. The zero-order chi connectivity index (χ0) is 16.9. The lowest BCUT2D eigenvalue weighted by atomic mass is 10.1. The van der Waals surface area contributed by atoms with Gasteiger partial charge in [-0.25, -0.2) is 4.98 Å². The average molecular weight is 328 g/mol. The van der Waals surface area contributed by atoms with E-state index in [-0.39, 0.29) is 0 Å². The molecule has 0 spiro atoms. The van der Waals surface area contributed by atoms with Gasteiger partial charge in [-0.1, -0.05) is 0 Å². The zero-order valence-corrected chi connectivity index (χ0v) is 14.5. The second-order valence-electron chi connectivity index (χ2n) is 5.93. The van der Waals surface area contributed by atoms with Crippen LogP contribution < -0.4 is 19.7 Å². The fourth-order valence-electron chi connectivity index (χ4n) is 2.90. The molecule has 0 unspecified atom stereocenters. The molecule has 2 heterocycles. The molecule has 2 aromatic rings. The molecule has 0 amide bonds. The first-order valence-corrected chi connectivity index (χ1v) is 8.29. The van der Waals surface area contributed by atoms with Gasteiger partial charge in [0, 0.05) is 30.9 Å². The van der Waals surface area contributed by atoms with E-state index >= 15 is 0 Å². The van der Waals surface area contributed by atoms with Crippen molar-refractivity contribution in [1.29, 1.82) is 0 Å². The Kier molecular flexibility index (Phi) is 5.03. The Morgan fingerprint density at radius 1 is 1.00 bits per heavy atom. The molecule has 3 rings (SSSR count). The number of anilines is 3. The van der Waals surface area contributed by atoms with Crippen molar-refractivity contribution in [3.63, 3.8) is 0 Å². The maximum Gasteiger partial charge on any atom is 0.227 e. The third-order valence-electron chi connectivity index (χ3n) is 4.15. The van der Waals surface area contributed by atoms with Gasteiger partial charge in [0.2, 0.25) is 5.95 Å². The minimum absolute atomic E-state index is 0.742. The first kappa shape index (κ1) is 16.4. The molecule has 1 N–H and O–H groups in total. The molecule has 1 fully saturated rings. The van der Waals surface area contributed by atoms with Gasteiger partial charge in [-0.15, -0.1) is 0 Å². The van der Waals surface area contributed by atoms with Crippen LogP contribution in [-0.4, -0.2) is 37.3 Å². The van der Waals surface area contributed by atoms with Gasteiger partial charge in [0.15, 0.2) is 0 Å². The number of aromatic nitrogens is 2. The monoisotopic (exact) mass is 328 g/mol. The number of rotatable bonds is 5. The molecule has 128 valence electrons. The van der Waals surface area contributed by atoms with E-state index in [1.807, 2.05) is 31.2 Å². The highest BCUT2D eigenvalue weighted by atomic mass is 16.5. The van der Waals surface area contributed by atoms with Crippen molar-refractivity contribution in [2.45, 2.75) is 26.2 Å². The standard InChI is InChI=1S/C18H24N4O2/c1-13-11-17(21-18(19-13)22-9-5-4-6-10-22)20-15-12-14(23-2)7-8-16(15)24-3/h7-8,11-12H,4-6,9-10H2,1-3H3,(H,19,20,21). The van der Waals surface area contributed by atoms with Gasteiger partial charge in [-0.05, 0) is 38.3 Å². The van der Waals surface area contributed by atoms with Crippen molar-refractivity contribution in [2.75, 3.05) is 37.5 Å². The highest BCUT2D eigenvalue weighted by molar-refractivity contribution is 5.67. The number of methoxy groups -OCH3 is 2. The molecule has 6 heteroatoms. The average Bonchev–Trinajstić information content (AvgIpc) is 2.62. The minimum atomic E-state index is 0.742. The minimum Gasteiger partial charge on any atom is -0.497 e. The molecular formula is C18H24N4O2. The maximum absolute atomic E-state index is 5.42. The Hall–Kier alpha value is -2.50. The number of piperidine rings is 1. The van der Waals surface area contributed by atoms with Crippen molar-refractivity contribution >= 4 is 17.5 Å². The summed E-state index contributed by atoms with van der Waals surface area (Å²) in [5.41, 5.74) is 1.76. The Bertz CT molecular complexity index is 699. The van der Waals surface area contributed by atoms with Crippen molar-refractivity contribution < 1.29 is 9.47 Å². The number of hydrogen-bond donors (Lipinski definition) is 1. The topological polar surface area (TPSA) is 59.5 Å². The largest absolute Gasteiger partial charge is 0.497 e. The zero-order valence-electron chi connectivity index (χ0n) is 14.5. The summed E-state index contributed by atoms with van der Waals surface area (Å²) in [6, 6.07) is 7.58. The summed E-state index contributed by atoms with van der Waals surface area (Å²) in [5, 5.41) is 3.34. The fourth-order valence-corrected chi connectivity index (χ4v) is 2.90. The molecule has 0 atom stereocenters. The van der Waals surface area contributed by atoms with Crippen LogP contribution in [0.2, 0.25) is 0 Å². The molecule has 0 aliphatic carbocycles. The maximum atomic E-state index is 5.42. The second-order valence-corrected chi connectivity index (χ2v) is 5.93. The summed E-state index contributed by atoms with van der Waals surface area (Å²) < 4.78 is 10.7. The summed E-state index contributed by atoms with van der Waals surface area (Å²) in [4.78, 5) is 11.5. The molecule has 1 saturated heterocycles. The molecule has 1 aromatic heterocycles. The van der Waals surface area contributed by atoms with E-state index in [2.05, 4.69) is 15.2 Å². The van der Waals surface area contributed by atoms with E-state index in [1.165, 1.54) is 19.3 Å². The fraction of sp³-hybridized carbons (Fsp3) is 0.444. The van der Waals surface area contributed by atoms with Gasteiger partial charge in [-0.2, -0.15) is 4.98 Å². The molecule has 1 aliphatic heterocycles. The Morgan fingerprint density at radius 3 is 2.50 bits per heavy atom. The summed E-state index contributed by atoms with van der Waals surface area (Å²) in [7, 11) is 3.30. The van der Waals surface area contributed by atoms with Crippen LogP contribution in [0.1, 0.15) is 25.0 Å². The van der Waals surface area contributed by atoms with Crippen molar-refractivity contribution in [3.05, 3.63) is 30.0 Å². The van der Waals surface area contributed by atoms with Gasteiger partial charge >= 0.3 is 0 Å². The summed E-state index contributed by atoms with van der Waals surface area (Å²) >= 11 is 0. The third-order valence-corrected chi connectivity index (χ3v) is 4.15. The molecule has 1 aromatic carbocycles. The lowest BCUT2D eigenvalue weighted by molar-refractivity contribution is 0.405. The Labute approximate surface area is 142 Å². The van der Waals surface area contributed by atoms with Crippen LogP contribution in [0.4, 0.5) is 17.5 Å². The van der Waals surface area contributed by atoms with E-state index in [9.17, 15) is 0 Å². The van der Waals surface area contributed by atoms with Crippen LogP contribution in [-0.2, 0) is 0 Å². The van der Waals surface area contributed by atoms with E-state index in [1.54, 1.807) is 14.2 Å². The van der Waals surface area contributed by atoms with Gasteiger partial charge in [0.05, 0.1) is 19.9 Å². The molecule has 0 radical (unpaired) electrons. The van der Waals surface area contributed by atoms with Crippen LogP contribution in [0.5, 0.6) is 11.5 Å². The van der Waals surface area contributed by atoms with Crippen LogP contribution in [0, 0.1) is 6.92 Å². The van der Waals surface area contributed by atoms with E-state index < -0.39 is 0 Å². The highest BCUT2D eigenvalue weighted by Gasteiger charge is 2.15. The number of aryl methyl sites for hydroxylation is 1. The van der Waals surface area contributed by atoms with Gasteiger partial charge < -0.3 is 19.7 Å². The quantitative estimate of drug-likeness (QED) is 0.906. The summed E-state index contributed by atoms with van der Waals surface area (Å²) in [5.74, 6) is 3.06. The SMILES string of the molecule is COc1ccc(OC)c(Nc2cc(C)nc(N3CCCCC3)n2)c1. The highest BCUT2D eigenvalue weighted by Crippen LogP contribution is 2.31. The normalized spacial score (nSPS) is 14.4. The summed E-state index contributed by atoms with van der Waals surface area (Å²) in [6.07, 6.45) is 3.68. The predicted octanol–water partition coefficient (Wildman–Crippen LogP) is 3.54. The molecule has 24 heavy (non-hydrogen) atoms. The number of nitrogens with zero attached hydrogens (tertiary/aromatic N) is 3. The van der Waals surface area contributed by atoms with Crippen LogP contribution in [0.25, 0.3) is 0 Å². The molecule has 0 saturated carbocycles. The first-order valence-electron chi connectivity index (χ1n) is 8.29. The molecule has 6 nitrogen and oxygen atoms in total. The Balaban J connectivity index is 1.88. The predicted molar refractivity (Wildman–Crippen MR) is 95.7 cm³/mol.